The van der Waals surface area contributed by atoms with Crippen molar-refractivity contribution in [1.82, 2.24) is 48.3 Å². The Labute approximate surface area is 370 Å². The number of carbonyl (C=O) groups excluding carboxylic acids is 1. The molecule has 8 heterocycles. The molecule has 2 aromatic carbocycles. The number of nitrogens with zero attached hydrogens (tertiary/aromatic N) is 9. The Morgan fingerprint density at radius 1 is 1.00 bits per heavy atom. The maximum atomic E-state index is 16.1. The first-order chi connectivity index (χ1) is 31.1. The van der Waals surface area contributed by atoms with Crippen LogP contribution in [-0.2, 0) is 23.9 Å². The topological polar surface area (TPSA) is 168 Å². The van der Waals surface area contributed by atoms with E-state index in [-0.39, 0.29) is 47.4 Å². The molecule has 1 saturated heterocycles. The van der Waals surface area contributed by atoms with Gasteiger partial charge in [0.25, 0.3) is 5.91 Å². The minimum absolute atomic E-state index is 0.0411. The average Bonchev–Trinajstić information content (AvgIpc) is 3.62. The zero-order chi connectivity index (χ0) is 45.3. The van der Waals surface area contributed by atoms with Crippen molar-refractivity contribution in [3.05, 3.63) is 133 Å². The van der Waals surface area contributed by atoms with E-state index in [1.807, 2.05) is 23.8 Å². The van der Waals surface area contributed by atoms with E-state index in [4.69, 9.17) is 14.4 Å². The first-order valence-electron chi connectivity index (χ1n) is 21.9. The molecule has 334 valence electrons. The Bertz CT molecular complexity index is 3290. The van der Waals surface area contributed by atoms with Crippen molar-refractivity contribution in [1.29, 1.82) is 0 Å². The van der Waals surface area contributed by atoms with Gasteiger partial charge in [-0.2, -0.15) is 10.2 Å². The second-order valence-electron chi connectivity index (χ2n) is 18.4. The highest BCUT2D eigenvalue weighted by Gasteiger charge is 2.53. The number of allylic oxidation sites excluding steroid dienone is 2. The highest BCUT2D eigenvalue weighted by Crippen LogP contribution is 2.52. The molecule has 7 aromatic rings. The second-order valence-corrected chi connectivity index (χ2v) is 18.4. The molecule has 11 rings (SSSR count). The number of hydrogen-bond donors (Lipinski definition) is 2. The van der Waals surface area contributed by atoms with Crippen LogP contribution in [0.3, 0.4) is 0 Å². The second kappa shape index (κ2) is 14.5. The van der Waals surface area contributed by atoms with Gasteiger partial charge < -0.3 is 19.5 Å². The number of carbonyl (C=O) groups is 1. The molecule has 2 fully saturated rings. The number of halogens is 2. The van der Waals surface area contributed by atoms with Gasteiger partial charge in [0, 0.05) is 49.9 Å². The van der Waals surface area contributed by atoms with Crippen molar-refractivity contribution < 1.29 is 22.8 Å². The van der Waals surface area contributed by atoms with E-state index < -0.39 is 28.8 Å². The van der Waals surface area contributed by atoms with Gasteiger partial charge in [-0.05, 0) is 125 Å². The van der Waals surface area contributed by atoms with Crippen LogP contribution in [0.2, 0.25) is 0 Å². The molecule has 0 unspecified atom stereocenters. The summed E-state index contributed by atoms with van der Waals surface area (Å²) in [6.45, 7) is 10.6. The number of imidazole rings is 1. The Morgan fingerprint density at radius 2 is 1.77 bits per heavy atom. The molecule has 1 aliphatic carbocycles. The van der Waals surface area contributed by atoms with E-state index in [1.54, 1.807) is 65.6 Å². The molecule has 4 aliphatic rings. The van der Waals surface area contributed by atoms with Gasteiger partial charge >= 0.3 is 11.4 Å². The van der Waals surface area contributed by atoms with Crippen molar-refractivity contribution >= 4 is 28.7 Å². The third-order valence-electron chi connectivity index (χ3n) is 13.7. The number of hydrogen-bond acceptors (Lipinski definition) is 9. The van der Waals surface area contributed by atoms with E-state index in [2.05, 4.69) is 46.6 Å². The van der Waals surface area contributed by atoms with E-state index in [1.165, 1.54) is 21.5 Å². The zero-order valence-corrected chi connectivity index (χ0v) is 36.8. The van der Waals surface area contributed by atoms with Crippen LogP contribution in [0.5, 0.6) is 0 Å². The number of fused-ring (bicyclic) bond motifs is 3. The summed E-state index contributed by atoms with van der Waals surface area (Å²) in [5.41, 5.74) is 3.92. The van der Waals surface area contributed by atoms with Crippen LogP contribution in [0.25, 0.3) is 39.6 Å². The number of ether oxygens (including phenoxy) is 1. The third kappa shape index (κ3) is 6.31. The smallest absolute Gasteiger partial charge is 0.376 e. The first-order valence-corrected chi connectivity index (χ1v) is 21.9. The summed E-state index contributed by atoms with van der Waals surface area (Å²) < 4.78 is 50.3. The molecule has 3 aliphatic heterocycles. The zero-order valence-electron chi connectivity index (χ0n) is 36.8. The summed E-state index contributed by atoms with van der Waals surface area (Å²) in [6, 6.07) is 7.87. The van der Waals surface area contributed by atoms with E-state index in [0.717, 1.165) is 24.0 Å². The van der Waals surface area contributed by atoms with Gasteiger partial charge in [0.2, 0.25) is 0 Å². The van der Waals surface area contributed by atoms with Crippen molar-refractivity contribution in [3.8, 4) is 22.6 Å². The van der Waals surface area contributed by atoms with E-state index >= 15 is 13.6 Å². The Hall–Kier alpha value is -7.08. The molecule has 65 heavy (non-hydrogen) atoms. The molecule has 1 amide bonds. The molecule has 2 N–H and O–H groups in total. The van der Waals surface area contributed by atoms with E-state index in [9.17, 15) is 9.59 Å². The lowest BCUT2D eigenvalue weighted by atomic mass is 9.82. The Kier molecular flexibility index (Phi) is 9.05. The van der Waals surface area contributed by atoms with Crippen LogP contribution >= 0.6 is 0 Å². The number of anilines is 1. The van der Waals surface area contributed by atoms with Crippen LogP contribution < -0.4 is 16.8 Å². The summed E-state index contributed by atoms with van der Waals surface area (Å²) in [5, 5.41) is 17.1. The number of rotatable bonds is 7. The maximum absolute atomic E-state index is 16.1. The summed E-state index contributed by atoms with van der Waals surface area (Å²) in [6.07, 6.45) is 13.5. The maximum Gasteiger partial charge on any atom is 0.438 e. The van der Waals surface area contributed by atoms with Crippen LogP contribution in [0.4, 0.5) is 14.6 Å². The van der Waals surface area contributed by atoms with Crippen molar-refractivity contribution in [2.75, 3.05) is 18.5 Å². The van der Waals surface area contributed by atoms with Gasteiger partial charge in [-0.1, -0.05) is 5.16 Å². The van der Waals surface area contributed by atoms with Gasteiger partial charge in [0.05, 0.1) is 46.7 Å². The summed E-state index contributed by atoms with van der Waals surface area (Å²) >= 11 is 0. The quantitative estimate of drug-likeness (QED) is 0.171. The standard InChI is InChI=1S/C47H47F2N11O5/c1-25-19-30(20-26(2)36(25)48)38-40(58-15-14-57(45(58)63)34-8-7-33-32(37(34)49)24-51-55(33)6)39-27(3)56(16-17-59(39)53-38)42(61)35-22-31-21-28(29-10-18-64-46(4,5)23-29)9-13-50-41(31)60(35)47(11-12-47)43-52-44(62)65-54-43/h7-9,13-15,19-22,24,27,29,50H,10-12,16-18,23H2,1-6H3,(H,52,54,62)/t27-,29+/m0/s1. The minimum Gasteiger partial charge on any atom is -0.376 e. The molecule has 0 bridgehead atoms. The number of benzene rings is 2. The number of aromatic nitrogens is 9. The normalized spacial score (nSPS) is 19.8. The first kappa shape index (κ1) is 40.7. The molecule has 0 spiro atoms. The van der Waals surface area contributed by atoms with Gasteiger partial charge in [0.15, 0.2) is 11.6 Å². The van der Waals surface area contributed by atoms with Crippen LogP contribution in [-0.4, -0.2) is 73.0 Å². The summed E-state index contributed by atoms with van der Waals surface area (Å²) in [7, 11) is 1.72. The lowest BCUT2D eigenvalue weighted by Gasteiger charge is -2.36. The molecular formula is C47H47F2N11O5. The van der Waals surface area contributed by atoms with Crippen LogP contribution in [0, 0.1) is 31.4 Å². The lowest BCUT2D eigenvalue weighted by molar-refractivity contribution is -0.0656. The fraction of sp³-hybridized carbons (Fsp3) is 0.362. The number of aryl methyl sites for hydroxylation is 3. The molecule has 0 radical (unpaired) electrons. The summed E-state index contributed by atoms with van der Waals surface area (Å²) in [4.78, 5) is 47.1. The number of aromatic amines is 1. The van der Waals surface area contributed by atoms with Crippen LogP contribution in [0.15, 0.2) is 80.9 Å². The molecule has 18 heteroatoms. The van der Waals surface area contributed by atoms with Crippen molar-refractivity contribution in [2.45, 2.75) is 84.0 Å². The highest BCUT2D eigenvalue weighted by atomic mass is 19.1. The van der Waals surface area contributed by atoms with E-state index in [0.29, 0.717) is 76.1 Å². The SMILES string of the molecule is Cc1cc(-c2nn3c(c2-n2ccn(-c4ccc5c(cnn5C)c4F)c2=O)[C@H](C)N(C(=O)c2cc4c(n2C2(c5noc(=O)[nH]5)CC2)NC=CC([C@@H]2CCOC(C)(C)C2)=C4)CC3)cc(C)c1F. The summed E-state index contributed by atoms with van der Waals surface area (Å²) in [5.74, 6) is -0.698. The molecule has 2 atom stereocenters. The number of nitrogens with one attached hydrogen (secondary N) is 2. The van der Waals surface area contributed by atoms with Crippen LogP contribution in [0.1, 0.15) is 91.2 Å². The molecule has 1 saturated carbocycles. The molecule has 16 nitrogen and oxygen atoms in total. The highest BCUT2D eigenvalue weighted by molar-refractivity contribution is 5.96. The fourth-order valence-corrected chi connectivity index (χ4v) is 10.4. The molecule has 5 aromatic heterocycles. The number of H-pyrrole nitrogens is 1. The van der Waals surface area contributed by atoms with Gasteiger partial charge in [-0.25, -0.2) is 18.4 Å². The fourth-order valence-electron chi connectivity index (χ4n) is 10.4. The Balaban J connectivity index is 1.05. The van der Waals surface area contributed by atoms with Gasteiger partial charge in [-0.3, -0.25) is 32.8 Å². The molecular weight excluding hydrogens is 837 g/mol. The Morgan fingerprint density at radius 3 is 2.49 bits per heavy atom. The third-order valence-corrected chi connectivity index (χ3v) is 13.7. The number of amides is 1. The van der Waals surface area contributed by atoms with Gasteiger partial charge in [-0.15, -0.1) is 0 Å². The van der Waals surface area contributed by atoms with Gasteiger partial charge in [0.1, 0.15) is 34.2 Å². The van der Waals surface area contributed by atoms with Crippen molar-refractivity contribution in [2.24, 2.45) is 13.0 Å². The monoisotopic (exact) mass is 883 g/mol. The predicted octanol–water partition coefficient (Wildman–Crippen LogP) is 7.03. The largest absolute Gasteiger partial charge is 0.438 e. The predicted molar refractivity (Wildman–Crippen MR) is 237 cm³/mol. The van der Waals surface area contributed by atoms with Crippen molar-refractivity contribution in [3.63, 3.8) is 0 Å². The average molecular weight is 884 g/mol. The lowest BCUT2D eigenvalue weighted by Crippen LogP contribution is -2.43. The minimum atomic E-state index is -0.869.